The summed E-state index contributed by atoms with van der Waals surface area (Å²) < 4.78 is 51.3. The Bertz CT molecular complexity index is 1040. The maximum absolute atomic E-state index is 11.9. The monoisotopic (exact) mass is 605 g/mol. The first-order chi connectivity index (χ1) is 18.3. The zero-order valence-corrected chi connectivity index (χ0v) is 25.6. The van der Waals surface area contributed by atoms with Crippen LogP contribution in [0, 0.1) is 0 Å². The van der Waals surface area contributed by atoms with Crippen LogP contribution < -0.4 is 10.8 Å². The van der Waals surface area contributed by atoms with Gasteiger partial charge in [0.05, 0.1) is 17.6 Å². The van der Waals surface area contributed by atoms with Crippen LogP contribution >= 0.6 is 20.7 Å². The fraction of sp³-hybridized carbons (Fsp3) is 0.667. The first kappa shape index (κ1) is 31.9. The van der Waals surface area contributed by atoms with Crippen molar-refractivity contribution in [3.05, 3.63) is 37.3 Å². The van der Waals surface area contributed by atoms with Gasteiger partial charge < -0.3 is 29.1 Å². The van der Waals surface area contributed by atoms with Gasteiger partial charge in [-0.05, 0) is 46.8 Å². The van der Waals surface area contributed by atoms with Crippen molar-refractivity contribution in [1.82, 2.24) is 25.3 Å². The van der Waals surface area contributed by atoms with E-state index in [1.807, 2.05) is 6.92 Å². The SMILES string of the molecule is C=CCNOP(OC1[C@@H](C)O[C@@H](N2C=CC(=O)NC2=C)[C@H]1OC(=S)N1CCS(=O)(=O)CC1)N(C(C)C)C(C)C. The Balaban J connectivity index is 1.90. The van der Waals surface area contributed by atoms with E-state index in [0.29, 0.717) is 12.4 Å². The van der Waals surface area contributed by atoms with Crippen LogP contribution in [-0.4, -0.2) is 102 Å². The fourth-order valence-electron chi connectivity index (χ4n) is 4.46. The predicted octanol–water partition coefficient (Wildman–Crippen LogP) is 1.99. The van der Waals surface area contributed by atoms with E-state index in [-0.39, 0.29) is 47.8 Å². The molecule has 0 bridgehead atoms. The number of hydroxylamine groups is 1. The zero-order chi connectivity index (χ0) is 28.9. The maximum Gasteiger partial charge on any atom is 0.277 e. The van der Waals surface area contributed by atoms with E-state index in [9.17, 15) is 13.2 Å². The minimum Gasteiger partial charge on any atom is -0.460 e. The van der Waals surface area contributed by atoms with Crippen molar-refractivity contribution >= 4 is 41.7 Å². The summed E-state index contributed by atoms with van der Waals surface area (Å²) >= 11 is 5.62. The van der Waals surface area contributed by atoms with Gasteiger partial charge in [0.25, 0.3) is 19.6 Å². The fourth-order valence-corrected chi connectivity index (χ4v) is 7.64. The van der Waals surface area contributed by atoms with Crippen molar-refractivity contribution in [3.63, 3.8) is 0 Å². The zero-order valence-electron chi connectivity index (χ0n) is 23.1. The molecule has 0 radical (unpaired) electrons. The van der Waals surface area contributed by atoms with E-state index in [1.165, 1.54) is 6.08 Å². The number of hydrogen-bond acceptors (Lipinski definition) is 11. The highest BCUT2D eigenvalue weighted by atomic mass is 32.2. The molecule has 0 aliphatic carbocycles. The molecule has 220 valence electrons. The number of ether oxygens (including phenoxy) is 2. The van der Waals surface area contributed by atoms with E-state index < -0.39 is 42.9 Å². The largest absolute Gasteiger partial charge is 0.460 e. The smallest absolute Gasteiger partial charge is 0.277 e. The topological polar surface area (TPSA) is 122 Å². The molecular formula is C24H40N5O7PS2. The number of carbonyl (C=O) groups is 1. The molecule has 2 fully saturated rings. The molecule has 0 saturated carbocycles. The molecule has 12 nitrogen and oxygen atoms in total. The van der Waals surface area contributed by atoms with Crippen LogP contribution in [0.1, 0.15) is 34.6 Å². The van der Waals surface area contributed by atoms with Crippen LogP contribution in [-0.2, 0) is 33.3 Å². The Hall–Kier alpha value is -1.64. The van der Waals surface area contributed by atoms with Gasteiger partial charge in [-0.25, -0.2) is 17.7 Å². The minimum absolute atomic E-state index is 0.000969. The van der Waals surface area contributed by atoms with E-state index in [4.69, 9.17) is 30.8 Å². The van der Waals surface area contributed by atoms with E-state index in [0.717, 1.165) is 0 Å². The molecule has 0 spiro atoms. The second kappa shape index (κ2) is 13.8. The van der Waals surface area contributed by atoms with Gasteiger partial charge >= 0.3 is 0 Å². The molecule has 2 saturated heterocycles. The Morgan fingerprint density at radius 1 is 1.31 bits per heavy atom. The van der Waals surface area contributed by atoms with E-state index in [1.54, 1.807) is 22.1 Å². The highest BCUT2D eigenvalue weighted by Gasteiger charge is 2.51. The van der Waals surface area contributed by atoms with E-state index in [2.05, 4.69) is 56.3 Å². The van der Waals surface area contributed by atoms with Gasteiger partial charge in [0.15, 0.2) is 22.2 Å². The number of rotatable bonds is 11. The summed E-state index contributed by atoms with van der Waals surface area (Å²) in [7, 11) is -4.73. The highest BCUT2D eigenvalue weighted by Crippen LogP contribution is 2.49. The molecule has 3 aliphatic heterocycles. The van der Waals surface area contributed by atoms with Crippen LogP contribution in [0.2, 0.25) is 0 Å². The standard InChI is InChI=1S/C24H40N5O7PS2/c1-8-10-25-36-37(29(16(2)3)17(4)5)35-21-18(6)33-23(28-11-9-20(30)26-19(28)7)22(21)34-24(38)27-12-14-39(31,32)15-13-27/h8-9,11,16-18,21-23,25H,1,7,10,12-15H2,2-6H3,(H,26,30)/t18-,21?,22+,23-,37?/m1/s1. The Labute approximate surface area is 238 Å². The summed E-state index contributed by atoms with van der Waals surface area (Å²) in [6, 6.07) is 0.205. The molecule has 2 unspecified atom stereocenters. The lowest BCUT2D eigenvalue weighted by atomic mass is 10.1. The van der Waals surface area contributed by atoms with Crippen LogP contribution in [0.3, 0.4) is 0 Å². The normalized spacial score (nSPS) is 27.8. The number of nitrogens with zero attached hydrogens (tertiary/aromatic N) is 3. The molecule has 0 aromatic heterocycles. The van der Waals surface area contributed by atoms with Crippen LogP contribution in [0.5, 0.6) is 0 Å². The van der Waals surface area contributed by atoms with E-state index >= 15 is 0 Å². The van der Waals surface area contributed by atoms with Crippen molar-refractivity contribution in [2.24, 2.45) is 0 Å². The first-order valence-corrected chi connectivity index (χ1v) is 16.2. The first-order valence-electron chi connectivity index (χ1n) is 12.9. The quantitative estimate of drug-likeness (QED) is 0.118. The molecule has 15 heteroatoms. The predicted molar refractivity (Wildman–Crippen MR) is 153 cm³/mol. The van der Waals surface area contributed by atoms with Crippen LogP contribution in [0.15, 0.2) is 37.3 Å². The number of carbonyl (C=O) groups excluding carboxylic acids is 1. The number of thiocarbonyl (C=S) groups is 1. The Kier molecular flexibility index (Phi) is 11.3. The van der Waals surface area contributed by atoms with Crippen molar-refractivity contribution < 1.29 is 31.8 Å². The average molecular weight is 606 g/mol. The number of nitrogens with one attached hydrogen (secondary N) is 2. The van der Waals surface area contributed by atoms with Crippen LogP contribution in [0.4, 0.5) is 0 Å². The summed E-state index contributed by atoms with van der Waals surface area (Å²) in [6.07, 6.45) is 2.02. The lowest BCUT2D eigenvalue weighted by Crippen LogP contribution is -2.51. The van der Waals surface area contributed by atoms with Crippen LogP contribution in [0.25, 0.3) is 0 Å². The summed E-state index contributed by atoms with van der Waals surface area (Å²) in [5.74, 6) is 0.0236. The Morgan fingerprint density at radius 3 is 2.51 bits per heavy atom. The molecular weight excluding hydrogens is 565 g/mol. The van der Waals surface area contributed by atoms with Crippen molar-refractivity contribution in [2.75, 3.05) is 31.1 Å². The molecule has 3 heterocycles. The van der Waals surface area contributed by atoms with Crippen molar-refractivity contribution in [3.8, 4) is 0 Å². The van der Waals surface area contributed by atoms with Gasteiger partial charge in [0.2, 0.25) is 0 Å². The second-order valence-electron chi connectivity index (χ2n) is 9.98. The molecule has 0 aromatic rings. The molecule has 39 heavy (non-hydrogen) atoms. The minimum atomic E-state index is -3.10. The molecule has 0 aromatic carbocycles. The third-order valence-electron chi connectivity index (χ3n) is 6.33. The van der Waals surface area contributed by atoms with Gasteiger partial charge in [-0.15, -0.1) is 6.58 Å². The number of amides is 1. The molecule has 1 amide bonds. The Morgan fingerprint density at radius 2 is 1.95 bits per heavy atom. The second-order valence-corrected chi connectivity index (χ2v) is 14.0. The highest BCUT2D eigenvalue weighted by molar-refractivity contribution is 7.91. The third kappa shape index (κ3) is 8.20. The van der Waals surface area contributed by atoms with Gasteiger partial charge in [-0.1, -0.05) is 12.7 Å². The summed E-state index contributed by atoms with van der Waals surface area (Å²) in [5.41, 5.74) is 2.90. The molecule has 5 atom stereocenters. The third-order valence-corrected chi connectivity index (χ3v) is 10.3. The lowest BCUT2D eigenvalue weighted by Gasteiger charge is -2.39. The molecule has 3 aliphatic rings. The van der Waals surface area contributed by atoms with Crippen molar-refractivity contribution in [2.45, 2.75) is 71.2 Å². The summed E-state index contributed by atoms with van der Waals surface area (Å²) in [5, 5.41) is 2.83. The molecule has 2 N–H and O–H groups in total. The number of hydrogen-bond donors (Lipinski definition) is 2. The molecule has 3 rings (SSSR count). The van der Waals surface area contributed by atoms with Gasteiger partial charge in [0, 0.05) is 44.0 Å². The van der Waals surface area contributed by atoms with Gasteiger partial charge in [-0.2, -0.15) is 5.48 Å². The average Bonchev–Trinajstić information content (AvgIpc) is 3.13. The lowest BCUT2D eigenvalue weighted by molar-refractivity contribution is -0.118. The summed E-state index contributed by atoms with van der Waals surface area (Å²) in [6.45, 7) is 18.7. The number of sulfone groups is 1. The maximum atomic E-state index is 11.9. The van der Waals surface area contributed by atoms with Crippen molar-refractivity contribution in [1.29, 1.82) is 0 Å². The van der Waals surface area contributed by atoms with Gasteiger partial charge in [0.1, 0.15) is 11.9 Å². The summed E-state index contributed by atoms with van der Waals surface area (Å²) in [4.78, 5) is 15.3. The van der Waals surface area contributed by atoms with Gasteiger partial charge in [-0.3, -0.25) is 4.79 Å².